The highest BCUT2D eigenvalue weighted by Gasteiger charge is 2.36. The molecular weight excluding hydrogens is 442 g/mol. The standard InChI is InChI=1S/C20H14BrN3OS2/c1-13(14-7-9-15(21)10-8-14)17-18(25)24(16-5-3-2-4-6-16)20(27-17)23-19-22-11-12-26-19/h2-12H,1H3/b17-13-,23-20+. The number of hydrogen-bond donors (Lipinski definition) is 0. The highest BCUT2D eigenvalue weighted by molar-refractivity contribution is 9.10. The Morgan fingerprint density at radius 3 is 2.52 bits per heavy atom. The number of benzene rings is 2. The van der Waals surface area contributed by atoms with E-state index < -0.39 is 0 Å². The zero-order chi connectivity index (χ0) is 18.8. The van der Waals surface area contributed by atoms with Gasteiger partial charge in [-0.3, -0.25) is 9.69 Å². The van der Waals surface area contributed by atoms with Crippen molar-refractivity contribution in [1.82, 2.24) is 4.98 Å². The van der Waals surface area contributed by atoms with E-state index in [1.807, 2.05) is 66.9 Å². The number of nitrogens with zero attached hydrogens (tertiary/aromatic N) is 3. The lowest BCUT2D eigenvalue weighted by Gasteiger charge is -2.15. The van der Waals surface area contributed by atoms with Gasteiger partial charge in [-0.15, -0.1) is 11.3 Å². The number of thioether (sulfide) groups is 1. The fourth-order valence-corrected chi connectivity index (χ4v) is 4.54. The predicted octanol–water partition coefficient (Wildman–Crippen LogP) is 6.10. The minimum atomic E-state index is -0.0677. The maximum atomic E-state index is 13.3. The zero-order valence-corrected chi connectivity index (χ0v) is 17.5. The summed E-state index contributed by atoms with van der Waals surface area (Å²) in [6.45, 7) is 1.97. The van der Waals surface area contributed by atoms with Gasteiger partial charge in [0.05, 0.1) is 10.6 Å². The molecule has 0 bridgehead atoms. The Balaban J connectivity index is 1.81. The summed E-state index contributed by atoms with van der Waals surface area (Å²) >= 11 is 6.28. The molecule has 1 saturated heterocycles. The first kappa shape index (κ1) is 18.2. The van der Waals surface area contributed by atoms with Gasteiger partial charge in [0, 0.05) is 16.0 Å². The van der Waals surface area contributed by atoms with E-state index in [9.17, 15) is 4.79 Å². The van der Waals surface area contributed by atoms with Gasteiger partial charge in [-0.1, -0.05) is 46.3 Å². The molecule has 1 aliphatic heterocycles. The molecule has 2 heterocycles. The number of amides is 1. The summed E-state index contributed by atoms with van der Waals surface area (Å²) in [7, 11) is 0. The maximum absolute atomic E-state index is 13.3. The van der Waals surface area contributed by atoms with Crippen LogP contribution < -0.4 is 4.90 Å². The SMILES string of the molecule is C/C(=C1/S/C(=N/c2nccs2)N(c2ccccc2)C1=O)c1ccc(Br)cc1. The van der Waals surface area contributed by atoms with Crippen LogP contribution in [0.4, 0.5) is 10.8 Å². The van der Waals surface area contributed by atoms with Gasteiger partial charge in [-0.25, -0.2) is 4.98 Å². The third-order valence-corrected chi connectivity index (χ3v) is 6.36. The van der Waals surface area contributed by atoms with Crippen LogP contribution in [0.5, 0.6) is 0 Å². The highest BCUT2D eigenvalue weighted by Crippen LogP contribution is 2.40. The number of allylic oxidation sites excluding steroid dienone is 1. The molecule has 0 atom stereocenters. The van der Waals surface area contributed by atoms with Crippen molar-refractivity contribution in [3.8, 4) is 0 Å². The minimum absolute atomic E-state index is 0.0677. The molecule has 27 heavy (non-hydrogen) atoms. The third-order valence-electron chi connectivity index (χ3n) is 4.02. The van der Waals surface area contributed by atoms with E-state index in [-0.39, 0.29) is 5.91 Å². The van der Waals surface area contributed by atoms with Crippen molar-refractivity contribution in [1.29, 1.82) is 0 Å². The van der Waals surface area contributed by atoms with E-state index in [0.717, 1.165) is 21.3 Å². The zero-order valence-electron chi connectivity index (χ0n) is 14.3. The lowest BCUT2D eigenvalue weighted by molar-refractivity contribution is -0.113. The normalized spacial score (nSPS) is 17.6. The van der Waals surface area contributed by atoms with Gasteiger partial charge in [0.15, 0.2) is 5.17 Å². The molecule has 4 nitrogen and oxygen atoms in total. The molecular formula is C20H14BrN3OS2. The number of amidine groups is 1. The monoisotopic (exact) mass is 455 g/mol. The molecule has 1 fully saturated rings. The number of aromatic nitrogens is 1. The topological polar surface area (TPSA) is 45.6 Å². The second-order valence-electron chi connectivity index (χ2n) is 5.75. The number of aliphatic imine (C=N–C) groups is 1. The van der Waals surface area contributed by atoms with Gasteiger partial charge in [-0.05, 0) is 54.1 Å². The Bertz CT molecular complexity index is 1030. The summed E-state index contributed by atoms with van der Waals surface area (Å²) in [5.41, 5.74) is 2.74. The molecule has 3 aromatic rings. The van der Waals surface area contributed by atoms with Crippen molar-refractivity contribution < 1.29 is 4.79 Å². The van der Waals surface area contributed by atoms with E-state index in [4.69, 9.17) is 0 Å². The molecule has 0 saturated carbocycles. The van der Waals surface area contributed by atoms with Gasteiger partial charge in [0.25, 0.3) is 5.91 Å². The van der Waals surface area contributed by atoms with Crippen LogP contribution >= 0.6 is 39.0 Å². The summed E-state index contributed by atoms with van der Waals surface area (Å²) in [5.74, 6) is -0.0677. The van der Waals surface area contributed by atoms with Crippen molar-refractivity contribution in [2.75, 3.05) is 4.90 Å². The number of rotatable bonds is 3. The van der Waals surface area contributed by atoms with Crippen molar-refractivity contribution >= 4 is 66.5 Å². The van der Waals surface area contributed by atoms with Gasteiger partial charge in [-0.2, -0.15) is 4.99 Å². The molecule has 0 aliphatic carbocycles. The van der Waals surface area contributed by atoms with Crippen LogP contribution in [0.15, 0.2) is 80.5 Å². The number of thiazole rings is 1. The van der Waals surface area contributed by atoms with Crippen LogP contribution in [0.25, 0.3) is 5.57 Å². The molecule has 1 amide bonds. The van der Waals surface area contributed by atoms with E-state index in [2.05, 4.69) is 25.9 Å². The van der Waals surface area contributed by atoms with Crippen LogP contribution in [0.3, 0.4) is 0 Å². The van der Waals surface area contributed by atoms with Crippen LogP contribution in [0, 0.1) is 0 Å². The second-order valence-corrected chi connectivity index (χ2v) is 8.51. The molecule has 1 aliphatic rings. The van der Waals surface area contributed by atoms with E-state index in [1.54, 1.807) is 11.1 Å². The quantitative estimate of drug-likeness (QED) is 0.447. The van der Waals surface area contributed by atoms with Crippen LogP contribution in [0.1, 0.15) is 12.5 Å². The van der Waals surface area contributed by atoms with Crippen LogP contribution in [-0.4, -0.2) is 16.1 Å². The Kier molecular flexibility index (Phi) is 5.24. The summed E-state index contributed by atoms with van der Waals surface area (Å²) in [6, 6.07) is 17.5. The van der Waals surface area contributed by atoms with Gasteiger partial charge in [0.1, 0.15) is 0 Å². The summed E-state index contributed by atoms with van der Waals surface area (Å²) < 4.78 is 1.01. The van der Waals surface area contributed by atoms with Crippen molar-refractivity contribution in [3.05, 3.63) is 81.1 Å². The second kappa shape index (κ2) is 7.80. The molecule has 4 rings (SSSR count). The molecule has 0 N–H and O–H groups in total. The van der Waals surface area contributed by atoms with Crippen LogP contribution in [-0.2, 0) is 4.79 Å². The maximum Gasteiger partial charge on any atom is 0.271 e. The molecule has 1 aromatic heterocycles. The first-order valence-electron chi connectivity index (χ1n) is 8.16. The number of anilines is 1. The Morgan fingerprint density at radius 2 is 1.85 bits per heavy atom. The largest absolute Gasteiger partial charge is 0.271 e. The van der Waals surface area contributed by atoms with Gasteiger partial charge in [0.2, 0.25) is 5.13 Å². The van der Waals surface area contributed by atoms with Crippen molar-refractivity contribution in [2.45, 2.75) is 6.92 Å². The van der Waals surface area contributed by atoms with E-state index >= 15 is 0 Å². The lowest BCUT2D eigenvalue weighted by Crippen LogP contribution is -2.28. The predicted molar refractivity (Wildman–Crippen MR) is 117 cm³/mol. The first-order chi connectivity index (χ1) is 13.1. The lowest BCUT2D eigenvalue weighted by atomic mass is 10.1. The number of para-hydroxylation sites is 1. The number of hydrogen-bond acceptors (Lipinski definition) is 5. The summed E-state index contributed by atoms with van der Waals surface area (Å²) in [4.78, 5) is 24.4. The summed E-state index contributed by atoms with van der Waals surface area (Å²) in [6.07, 6.45) is 1.71. The van der Waals surface area contributed by atoms with E-state index in [1.165, 1.54) is 23.1 Å². The smallest absolute Gasteiger partial charge is 0.268 e. The fraction of sp³-hybridized carbons (Fsp3) is 0.0500. The average molecular weight is 456 g/mol. The molecule has 7 heteroatoms. The average Bonchev–Trinajstić information content (AvgIpc) is 3.31. The van der Waals surface area contributed by atoms with Gasteiger partial charge < -0.3 is 0 Å². The number of halogens is 1. The number of carbonyl (C=O) groups is 1. The summed E-state index contributed by atoms with van der Waals surface area (Å²) in [5, 5.41) is 3.12. The van der Waals surface area contributed by atoms with Crippen molar-refractivity contribution in [3.63, 3.8) is 0 Å². The Hall–Kier alpha value is -2.22. The Labute approximate surface area is 173 Å². The fourth-order valence-electron chi connectivity index (χ4n) is 2.67. The molecule has 0 spiro atoms. The third kappa shape index (κ3) is 3.76. The molecule has 134 valence electrons. The van der Waals surface area contributed by atoms with Crippen LogP contribution in [0.2, 0.25) is 0 Å². The minimum Gasteiger partial charge on any atom is -0.268 e. The molecule has 0 radical (unpaired) electrons. The Morgan fingerprint density at radius 1 is 1.11 bits per heavy atom. The van der Waals surface area contributed by atoms with Crippen molar-refractivity contribution in [2.24, 2.45) is 4.99 Å². The first-order valence-corrected chi connectivity index (χ1v) is 10.6. The van der Waals surface area contributed by atoms with E-state index in [0.29, 0.717) is 15.2 Å². The number of carbonyl (C=O) groups excluding carboxylic acids is 1. The molecule has 2 aromatic carbocycles. The molecule has 0 unspecified atom stereocenters. The van der Waals surface area contributed by atoms with Gasteiger partial charge >= 0.3 is 0 Å². The highest BCUT2D eigenvalue weighted by atomic mass is 79.9.